The fourth-order valence-electron chi connectivity index (χ4n) is 2.08. The molecule has 0 bridgehead atoms. The van der Waals surface area contributed by atoms with E-state index in [2.05, 4.69) is 31.1 Å². The number of rotatable bonds is 6. The normalized spacial score (nSPS) is 26.6. The van der Waals surface area contributed by atoms with Gasteiger partial charge in [0.2, 0.25) is 0 Å². The number of likely N-dealkylation sites (N-methyl/N-ethyl adjacent to an activating group) is 1. The number of nitrogens with zero attached hydrogens (tertiary/aromatic N) is 1. The lowest BCUT2D eigenvalue weighted by Crippen LogP contribution is -2.44. The molecule has 2 saturated carbocycles. The zero-order valence-corrected chi connectivity index (χ0v) is 9.79. The Labute approximate surface area is 88.1 Å². The third-order valence-electron chi connectivity index (χ3n) is 3.92. The van der Waals surface area contributed by atoms with Gasteiger partial charge in [-0.2, -0.15) is 0 Å². The molecule has 0 aromatic carbocycles. The highest BCUT2D eigenvalue weighted by Crippen LogP contribution is 2.35. The lowest BCUT2D eigenvalue weighted by Gasteiger charge is -2.31. The molecule has 2 rings (SSSR count). The molecule has 2 aliphatic carbocycles. The molecule has 0 spiro atoms. The number of nitrogens with one attached hydrogen (secondary N) is 1. The third-order valence-corrected chi connectivity index (χ3v) is 3.92. The fraction of sp³-hybridized carbons (Fsp3) is 1.00. The molecule has 2 unspecified atom stereocenters. The highest BCUT2D eigenvalue weighted by Gasteiger charge is 2.32. The fourth-order valence-corrected chi connectivity index (χ4v) is 2.08. The van der Waals surface area contributed by atoms with Crippen LogP contribution >= 0.6 is 0 Å². The first-order valence-electron chi connectivity index (χ1n) is 6.14. The topological polar surface area (TPSA) is 15.3 Å². The summed E-state index contributed by atoms with van der Waals surface area (Å²) in [6.45, 7) is 5.89. The van der Waals surface area contributed by atoms with Crippen molar-refractivity contribution in [2.75, 3.05) is 13.6 Å². The number of hydrogen-bond acceptors (Lipinski definition) is 2. The molecule has 0 heterocycles. The molecule has 0 radical (unpaired) electrons. The second-order valence-corrected chi connectivity index (χ2v) is 5.28. The van der Waals surface area contributed by atoms with Crippen molar-refractivity contribution in [3.63, 3.8) is 0 Å². The van der Waals surface area contributed by atoms with Crippen molar-refractivity contribution < 1.29 is 0 Å². The Morgan fingerprint density at radius 2 is 1.86 bits per heavy atom. The summed E-state index contributed by atoms with van der Waals surface area (Å²) in [4.78, 5) is 2.55. The van der Waals surface area contributed by atoms with Crippen LogP contribution in [0.3, 0.4) is 0 Å². The van der Waals surface area contributed by atoms with E-state index in [0.717, 1.165) is 24.5 Å². The van der Waals surface area contributed by atoms with Crippen LogP contribution in [0.5, 0.6) is 0 Å². The minimum Gasteiger partial charge on any atom is -0.312 e. The maximum Gasteiger partial charge on any atom is 0.0192 e. The summed E-state index contributed by atoms with van der Waals surface area (Å²) in [6, 6.07) is 2.32. The first-order chi connectivity index (χ1) is 6.68. The van der Waals surface area contributed by atoms with Crippen molar-refractivity contribution in [1.29, 1.82) is 0 Å². The molecule has 0 aromatic heterocycles. The van der Waals surface area contributed by atoms with Crippen molar-refractivity contribution in [1.82, 2.24) is 10.2 Å². The van der Waals surface area contributed by atoms with E-state index in [-0.39, 0.29) is 0 Å². The van der Waals surface area contributed by atoms with E-state index in [1.54, 1.807) is 0 Å². The van der Waals surface area contributed by atoms with Gasteiger partial charge in [0.05, 0.1) is 0 Å². The van der Waals surface area contributed by atoms with Gasteiger partial charge in [-0.05, 0) is 52.5 Å². The summed E-state index contributed by atoms with van der Waals surface area (Å²) in [7, 11) is 2.28. The van der Waals surface area contributed by atoms with Gasteiger partial charge < -0.3 is 5.32 Å². The molecule has 0 saturated heterocycles. The molecular formula is C12H24N2. The first-order valence-corrected chi connectivity index (χ1v) is 6.14. The molecule has 2 heteroatoms. The second-order valence-electron chi connectivity index (χ2n) is 5.28. The zero-order valence-electron chi connectivity index (χ0n) is 9.79. The molecule has 0 amide bonds. The van der Waals surface area contributed by atoms with Crippen molar-refractivity contribution in [3.8, 4) is 0 Å². The van der Waals surface area contributed by atoms with Gasteiger partial charge in [0, 0.05) is 24.7 Å². The summed E-state index contributed by atoms with van der Waals surface area (Å²) >= 11 is 0. The molecule has 2 fully saturated rings. The summed E-state index contributed by atoms with van der Waals surface area (Å²) in [5.41, 5.74) is 0. The van der Waals surface area contributed by atoms with Gasteiger partial charge >= 0.3 is 0 Å². The Morgan fingerprint density at radius 1 is 1.21 bits per heavy atom. The van der Waals surface area contributed by atoms with E-state index in [4.69, 9.17) is 0 Å². The first kappa shape index (κ1) is 10.4. The van der Waals surface area contributed by atoms with E-state index in [1.165, 1.54) is 25.7 Å². The van der Waals surface area contributed by atoms with E-state index in [9.17, 15) is 0 Å². The van der Waals surface area contributed by atoms with Crippen molar-refractivity contribution in [2.24, 2.45) is 5.92 Å². The molecule has 0 aliphatic heterocycles. The molecule has 2 atom stereocenters. The van der Waals surface area contributed by atoms with Crippen LogP contribution < -0.4 is 5.32 Å². The monoisotopic (exact) mass is 196 g/mol. The number of hydrogen-bond donors (Lipinski definition) is 1. The van der Waals surface area contributed by atoms with E-state index in [0.29, 0.717) is 6.04 Å². The Kier molecular flexibility index (Phi) is 3.13. The zero-order chi connectivity index (χ0) is 10.1. The van der Waals surface area contributed by atoms with Crippen LogP contribution in [0.25, 0.3) is 0 Å². The standard InChI is InChI=1S/C12H24N2/c1-9(8-13-12-6-7-12)14(3)10(2)11-4-5-11/h9-13H,4-8H2,1-3H3. The minimum atomic E-state index is 0.686. The predicted octanol–water partition coefficient (Wildman–Crippen LogP) is 1.86. The highest BCUT2D eigenvalue weighted by molar-refractivity contribution is 4.88. The van der Waals surface area contributed by atoms with E-state index < -0.39 is 0 Å². The van der Waals surface area contributed by atoms with Crippen LogP contribution in [0, 0.1) is 5.92 Å². The van der Waals surface area contributed by atoms with Crippen LogP contribution in [0.15, 0.2) is 0 Å². The average molecular weight is 196 g/mol. The summed E-state index contributed by atoms with van der Waals surface area (Å²) in [5, 5.41) is 3.61. The minimum absolute atomic E-state index is 0.686. The summed E-state index contributed by atoms with van der Waals surface area (Å²) in [5.74, 6) is 0.989. The molecule has 1 N–H and O–H groups in total. The van der Waals surface area contributed by atoms with E-state index >= 15 is 0 Å². The van der Waals surface area contributed by atoms with Gasteiger partial charge in [-0.3, -0.25) is 4.90 Å². The van der Waals surface area contributed by atoms with Crippen LogP contribution in [-0.4, -0.2) is 36.6 Å². The Bertz CT molecular complexity index is 185. The Balaban J connectivity index is 1.68. The van der Waals surface area contributed by atoms with Crippen molar-refractivity contribution in [3.05, 3.63) is 0 Å². The molecule has 0 aromatic rings. The third kappa shape index (κ3) is 2.71. The SMILES string of the molecule is CC(CNC1CC1)N(C)C(C)C1CC1. The molecule has 2 aliphatic rings. The average Bonchev–Trinajstić information content (AvgIpc) is 3.04. The van der Waals surface area contributed by atoms with Crippen LogP contribution in [0.1, 0.15) is 39.5 Å². The van der Waals surface area contributed by atoms with Gasteiger partial charge in [-0.15, -0.1) is 0 Å². The van der Waals surface area contributed by atoms with Crippen molar-refractivity contribution >= 4 is 0 Å². The van der Waals surface area contributed by atoms with Gasteiger partial charge in [-0.1, -0.05) is 0 Å². The van der Waals surface area contributed by atoms with Gasteiger partial charge in [0.25, 0.3) is 0 Å². The summed E-state index contributed by atoms with van der Waals surface area (Å²) in [6.07, 6.45) is 5.70. The van der Waals surface area contributed by atoms with Crippen LogP contribution in [0.2, 0.25) is 0 Å². The summed E-state index contributed by atoms with van der Waals surface area (Å²) < 4.78 is 0. The van der Waals surface area contributed by atoms with Gasteiger partial charge in [0.15, 0.2) is 0 Å². The van der Waals surface area contributed by atoms with Crippen LogP contribution in [-0.2, 0) is 0 Å². The predicted molar refractivity (Wildman–Crippen MR) is 60.4 cm³/mol. The molecular weight excluding hydrogens is 172 g/mol. The van der Waals surface area contributed by atoms with Crippen LogP contribution in [0.4, 0.5) is 0 Å². The molecule has 14 heavy (non-hydrogen) atoms. The quantitative estimate of drug-likeness (QED) is 0.697. The van der Waals surface area contributed by atoms with Crippen molar-refractivity contribution in [2.45, 2.75) is 57.7 Å². The lowest BCUT2D eigenvalue weighted by molar-refractivity contribution is 0.174. The largest absolute Gasteiger partial charge is 0.312 e. The van der Waals surface area contributed by atoms with E-state index in [1.807, 2.05) is 0 Å². The maximum absolute atomic E-state index is 3.61. The Morgan fingerprint density at radius 3 is 2.36 bits per heavy atom. The maximum atomic E-state index is 3.61. The lowest BCUT2D eigenvalue weighted by atomic mass is 10.1. The molecule has 2 nitrogen and oxygen atoms in total. The molecule has 82 valence electrons. The van der Waals surface area contributed by atoms with Gasteiger partial charge in [-0.25, -0.2) is 0 Å². The Hall–Kier alpha value is -0.0800. The van der Waals surface area contributed by atoms with Gasteiger partial charge in [0.1, 0.15) is 0 Å². The smallest absolute Gasteiger partial charge is 0.0192 e. The second kappa shape index (κ2) is 4.19. The highest BCUT2D eigenvalue weighted by atomic mass is 15.2.